The smallest absolute Gasteiger partial charge is 0.152 e. The summed E-state index contributed by atoms with van der Waals surface area (Å²) in [7, 11) is 0. The van der Waals surface area contributed by atoms with Gasteiger partial charge in [-0.15, -0.1) is 11.3 Å². The molecule has 0 fully saturated rings. The van der Waals surface area contributed by atoms with Crippen LogP contribution in [-0.2, 0) is 4.79 Å². The van der Waals surface area contributed by atoms with Gasteiger partial charge in [-0.05, 0) is 47.2 Å². The van der Waals surface area contributed by atoms with Crippen molar-refractivity contribution < 1.29 is 4.79 Å². The number of hydrogen-bond acceptors (Lipinski definition) is 2. The largest absolute Gasteiger partial charge is 0.295 e. The van der Waals surface area contributed by atoms with Crippen LogP contribution in [0.5, 0.6) is 0 Å². The SMILES string of the molecule is CC(=O)/C=C/c1ccccc2cc3sccc3c1-2. The van der Waals surface area contributed by atoms with E-state index in [-0.39, 0.29) is 5.78 Å². The molecule has 0 atom stereocenters. The van der Waals surface area contributed by atoms with E-state index in [0.29, 0.717) is 0 Å². The maximum absolute atomic E-state index is 11.1. The van der Waals surface area contributed by atoms with Crippen LogP contribution in [0.2, 0.25) is 0 Å². The number of carbonyl (C=O) groups is 1. The molecule has 0 saturated carbocycles. The van der Waals surface area contributed by atoms with E-state index in [1.807, 2.05) is 18.2 Å². The van der Waals surface area contributed by atoms with Crippen molar-refractivity contribution in [3.8, 4) is 11.1 Å². The number of ketones is 1. The Labute approximate surface area is 110 Å². The molecular formula is C16H12OS. The third kappa shape index (κ3) is 1.85. The van der Waals surface area contributed by atoms with Crippen molar-refractivity contribution in [3.05, 3.63) is 53.4 Å². The molecule has 0 bridgehead atoms. The van der Waals surface area contributed by atoms with Gasteiger partial charge in [0.1, 0.15) is 0 Å². The van der Waals surface area contributed by atoms with E-state index in [4.69, 9.17) is 0 Å². The van der Waals surface area contributed by atoms with Crippen molar-refractivity contribution in [3.63, 3.8) is 0 Å². The highest BCUT2D eigenvalue weighted by atomic mass is 32.1. The highest BCUT2D eigenvalue weighted by Gasteiger charge is 2.12. The normalized spacial score (nSPS) is 11.6. The van der Waals surface area contributed by atoms with Gasteiger partial charge in [0.15, 0.2) is 5.78 Å². The Morgan fingerprint density at radius 2 is 2.06 bits per heavy atom. The molecule has 0 N–H and O–H groups in total. The molecule has 0 radical (unpaired) electrons. The molecule has 1 heterocycles. The standard InChI is InChI=1S/C16H12OS/c1-11(17)6-7-12-4-2-3-5-13-10-15-14(16(12)13)8-9-18-15/h2-10H,1H3/b7-6+. The predicted octanol–water partition coefficient (Wildman–Crippen LogP) is 4.61. The van der Waals surface area contributed by atoms with E-state index < -0.39 is 0 Å². The summed E-state index contributed by atoms with van der Waals surface area (Å²) in [5.41, 5.74) is 3.55. The Morgan fingerprint density at radius 1 is 1.22 bits per heavy atom. The van der Waals surface area contributed by atoms with Gasteiger partial charge in [0.2, 0.25) is 0 Å². The molecule has 0 amide bonds. The molecule has 1 aromatic rings. The molecule has 0 unspecified atom stereocenters. The van der Waals surface area contributed by atoms with Crippen molar-refractivity contribution >= 4 is 33.3 Å². The van der Waals surface area contributed by atoms with Gasteiger partial charge in [0, 0.05) is 10.1 Å². The summed E-state index contributed by atoms with van der Waals surface area (Å²) in [5, 5.41) is 3.38. The average Bonchev–Trinajstić information content (AvgIpc) is 2.83. The van der Waals surface area contributed by atoms with Crippen molar-refractivity contribution in [2.24, 2.45) is 0 Å². The van der Waals surface area contributed by atoms with E-state index >= 15 is 0 Å². The zero-order valence-electron chi connectivity index (χ0n) is 10.0. The van der Waals surface area contributed by atoms with Crippen LogP contribution in [0.15, 0.2) is 47.9 Å². The fraction of sp³-hybridized carbons (Fsp3) is 0.0625. The van der Waals surface area contributed by atoms with Crippen LogP contribution in [0.1, 0.15) is 12.5 Å². The zero-order valence-corrected chi connectivity index (χ0v) is 10.8. The van der Waals surface area contributed by atoms with E-state index in [1.165, 1.54) is 21.2 Å². The molecule has 1 aromatic heterocycles. The van der Waals surface area contributed by atoms with Crippen LogP contribution in [0.25, 0.3) is 27.3 Å². The maximum Gasteiger partial charge on any atom is 0.152 e. The lowest BCUT2D eigenvalue weighted by atomic mass is 10.0. The van der Waals surface area contributed by atoms with Crippen molar-refractivity contribution in [2.45, 2.75) is 6.92 Å². The molecule has 2 aliphatic carbocycles. The minimum atomic E-state index is 0.0720. The molecule has 2 aliphatic rings. The highest BCUT2D eigenvalue weighted by molar-refractivity contribution is 7.17. The maximum atomic E-state index is 11.1. The summed E-state index contributed by atoms with van der Waals surface area (Å²) in [6, 6.07) is 12.6. The van der Waals surface area contributed by atoms with Gasteiger partial charge in [-0.2, -0.15) is 0 Å². The molecule has 2 heteroatoms. The third-order valence-electron chi connectivity index (χ3n) is 2.99. The minimum Gasteiger partial charge on any atom is -0.295 e. The highest BCUT2D eigenvalue weighted by Crippen LogP contribution is 2.39. The first-order valence-corrected chi connectivity index (χ1v) is 6.71. The quantitative estimate of drug-likeness (QED) is 0.609. The monoisotopic (exact) mass is 252 g/mol. The Kier molecular flexibility index (Phi) is 2.73. The van der Waals surface area contributed by atoms with Gasteiger partial charge in [0.25, 0.3) is 0 Å². The van der Waals surface area contributed by atoms with Gasteiger partial charge < -0.3 is 0 Å². The number of carbonyl (C=O) groups excluding carboxylic acids is 1. The van der Waals surface area contributed by atoms with Gasteiger partial charge in [-0.25, -0.2) is 0 Å². The van der Waals surface area contributed by atoms with Crippen molar-refractivity contribution in [1.29, 1.82) is 0 Å². The first-order valence-electron chi connectivity index (χ1n) is 5.83. The summed E-state index contributed by atoms with van der Waals surface area (Å²) in [6.45, 7) is 1.57. The van der Waals surface area contributed by atoms with Gasteiger partial charge in [-0.3, -0.25) is 4.79 Å². The van der Waals surface area contributed by atoms with Crippen LogP contribution < -0.4 is 0 Å². The van der Waals surface area contributed by atoms with E-state index in [9.17, 15) is 4.79 Å². The molecule has 88 valence electrons. The van der Waals surface area contributed by atoms with Crippen molar-refractivity contribution in [1.82, 2.24) is 0 Å². The van der Waals surface area contributed by atoms with E-state index in [0.717, 1.165) is 5.56 Å². The second-order valence-corrected chi connectivity index (χ2v) is 5.24. The molecule has 0 aliphatic heterocycles. The number of thiophene rings is 1. The molecule has 0 saturated heterocycles. The lowest BCUT2D eigenvalue weighted by molar-refractivity contribution is -0.112. The summed E-state index contributed by atoms with van der Waals surface area (Å²) < 4.78 is 1.30. The molecule has 1 nitrogen and oxygen atoms in total. The van der Waals surface area contributed by atoms with Gasteiger partial charge >= 0.3 is 0 Å². The summed E-state index contributed by atoms with van der Waals surface area (Å²) in [4.78, 5) is 11.1. The Balaban J connectivity index is 2.31. The van der Waals surface area contributed by atoms with Gasteiger partial charge in [-0.1, -0.05) is 30.3 Å². The first kappa shape index (κ1) is 11.2. The number of allylic oxidation sites excluding steroid dienone is 1. The number of rotatable bonds is 2. The number of fused-ring (bicyclic) bond motifs is 3. The molecule has 0 aromatic carbocycles. The van der Waals surface area contributed by atoms with Crippen LogP contribution in [-0.4, -0.2) is 5.78 Å². The Bertz CT molecular complexity index is 721. The molecule has 3 rings (SSSR count). The van der Waals surface area contributed by atoms with Crippen LogP contribution in [0, 0.1) is 0 Å². The topological polar surface area (TPSA) is 17.1 Å². The van der Waals surface area contributed by atoms with Crippen LogP contribution >= 0.6 is 11.3 Å². The third-order valence-corrected chi connectivity index (χ3v) is 3.85. The van der Waals surface area contributed by atoms with Crippen molar-refractivity contribution in [2.75, 3.05) is 0 Å². The lowest BCUT2D eigenvalue weighted by Crippen LogP contribution is -1.81. The second-order valence-electron chi connectivity index (χ2n) is 4.29. The fourth-order valence-corrected chi connectivity index (χ4v) is 3.05. The minimum absolute atomic E-state index is 0.0720. The van der Waals surface area contributed by atoms with E-state index in [2.05, 4.69) is 29.6 Å². The zero-order chi connectivity index (χ0) is 12.5. The predicted molar refractivity (Wildman–Crippen MR) is 78.2 cm³/mol. The summed E-state index contributed by atoms with van der Waals surface area (Å²) in [6.07, 6.45) is 3.53. The molecule has 18 heavy (non-hydrogen) atoms. The number of hydrogen-bond donors (Lipinski definition) is 0. The molecular weight excluding hydrogens is 240 g/mol. The second kappa shape index (κ2) is 4.39. The Hall–Kier alpha value is -1.93. The Morgan fingerprint density at radius 3 is 2.89 bits per heavy atom. The fourth-order valence-electron chi connectivity index (χ4n) is 2.21. The van der Waals surface area contributed by atoms with Gasteiger partial charge in [0.05, 0.1) is 0 Å². The first-order chi connectivity index (χ1) is 8.75. The van der Waals surface area contributed by atoms with E-state index in [1.54, 1.807) is 24.3 Å². The molecule has 0 spiro atoms. The van der Waals surface area contributed by atoms with Crippen LogP contribution in [0.4, 0.5) is 0 Å². The average molecular weight is 252 g/mol. The van der Waals surface area contributed by atoms with Crippen LogP contribution in [0.3, 0.4) is 0 Å². The summed E-state index contributed by atoms with van der Waals surface area (Å²) >= 11 is 1.75. The lowest BCUT2D eigenvalue weighted by Gasteiger charge is -1.98. The summed E-state index contributed by atoms with van der Waals surface area (Å²) in [5.74, 6) is 0.0720.